The third-order valence-electron chi connectivity index (χ3n) is 5.83. The Morgan fingerprint density at radius 2 is 2.23 bits per heavy atom. The number of carbonyl (C=O) groups excluding carboxylic acids is 1. The van der Waals surface area contributed by atoms with Crippen LogP contribution in [-0.4, -0.2) is 21.4 Å². The largest absolute Gasteiger partial charge is 0.450 e. The van der Waals surface area contributed by atoms with E-state index in [-0.39, 0.29) is 11.4 Å². The van der Waals surface area contributed by atoms with Gasteiger partial charge in [0.05, 0.1) is 6.20 Å². The molecule has 0 amide bonds. The maximum absolute atomic E-state index is 12.7. The Balaban J connectivity index is 1.74. The quantitative estimate of drug-likeness (QED) is 0.781. The number of carbonyl (C=O) groups is 1. The van der Waals surface area contributed by atoms with Crippen LogP contribution in [0.4, 0.5) is 0 Å². The minimum absolute atomic E-state index is 0.0740. The number of nitrogens with zero attached hydrogens (tertiary/aromatic N) is 2. The zero-order chi connectivity index (χ0) is 15.7. The maximum Gasteiger partial charge on any atom is 0.343 e. The fourth-order valence-corrected chi connectivity index (χ4v) is 4.78. The summed E-state index contributed by atoms with van der Waals surface area (Å²) in [4.78, 5) is 12.7. The number of ether oxygens (including phenoxy) is 1. The van der Waals surface area contributed by atoms with Crippen LogP contribution in [0.25, 0.3) is 0 Å². The van der Waals surface area contributed by atoms with E-state index in [4.69, 9.17) is 16.3 Å². The molecule has 2 unspecified atom stereocenters. The predicted molar refractivity (Wildman–Crippen MR) is 83.7 cm³/mol. The molecule has 0 N–H and O–H groups in total. The summed E-state index contributed by atoms with van der Waals surface area (Å²) in [6.45, 7) is 4.42. The van der Waals surface area contributed by atoms with Gasteiger partial charge in [0.15, 0.2) is 0 Å². The number of rotatable bonds is 2. The number of aromatic nitrogens is 2. The molecule has 1 heterocycles. The van der Waals surface area contributed by atoms with Gasteiger partial charge in [0, 0.05) is 12.5 Å². The topological polar surface area (TPSA) is 44.1 Å². The molecule has 3 aliphatic carbocycles. The van der Waals surface area contributed by atoms with Gasteiger partial charge in [-0.05, 0) is 36.3 Å². The summed E-state index contributed by atoms with van der Waals surface area (Å²) >= 11 is 6.14. The lowest BCUT2D eigenvalue weighted by molar-refractivity contribution is -0.0388. The van der Waals surface area contributed by atoms with Crippen molar-refractivity contribution in [1.29, 1.82) is 0 Å². The number of esters is 1. The number of hydrogen-bond donors (Lipinski definition) is 0. The van der Waals surface area contributed by atoms with E-state index in [0.717, 1.165) is 19.3 Å². The molecule has 0 aliphatic heterocycles. The Labute approximate surface area is 134 Å². The van der Waals surface area contributed by atoms with Crippen molar-refractivity contribution >= 4 is 17.6 Å². The molecule has 4 rings (SSSR count). The number of fused-ring (bicyclic) bond motifs is 5. The van der Waals surface area contributed by atoms with Gasteiger partial charge >= 0.3 is 5.97 Å². The van der Waals surface area contributed by atoms with E-state index >= 15 is 0 Å². The molecule has 2 bridgehead atoms. The van der Waals surface area contributed by atoms with Crippen LogP contribution >= 0.6 is 11.6 Å². The number of aryl methyl sites for hydroxylation is 1. The normalized spacial score (nSPS) is 31.0. The summed E-state index contributed by atoms with van der Waals surface area (Å²) in [5, 5.41) is 4.35. The first-order chi connectivity index (χ1) is 10.4. The Kier molecular flexibility index (Phi) is 2.72. The van der Waals surface area contributed by atoms with Crippen molar-refractivity contribution in [2.24, 2.45) is 18.4 Å². The summed E-state index contributed by atoms with van der Waals surface area (Å²) in [5.41, 5.74) is 2.36. The Hall–Kier alpha value is -1.55. The minimum atomic E-state index is -0.518. The molecule has 0 spiro atoms. The van der Waals surface area contributed by atoms with Crippen LogP contribution < -0.4 is 0 Å². The van der Waals surface area contributed by atoms with Gasteiger partial charge in [-0.3, -0.25) is 4.68 Å². The molecule has 1 aromatic rings. The zero-order valence-electron chi connectivity index (χ0n) is 13.0. The fourth-order valence-electron chi connectivity index (χ4n) is 4.61. The highest BCUT2D eigenvalue weighted by molar-refractivity contribution is 6.32. The average molecular weight is 319 g/mol. The SMILES string of the molecule is Cn1ncc(C(=O)OC23CCC(C4=CCC=C42)C3(C)C)c1Cl. The van der Waals surface area contributed by atoms with Crippen molar-refractivity contribution in [3.05, 3.63) is 40.2 Å². The van der Waals surface area contributed by atoms with Gasteiger partial charge in [-0.1, -0.05) is 37.6 Å². The molecule has 0 saturated heterocycles. The van der Waals surface area contributed by atoms with Crippen molar-refractivity contribution in [1.82, 2.24) is 9.78 Å². The minimum Gasteiger partial charge on any atom is -0.450 e. The molecule has 1 aromatic heterocycles. The first-order valence-electron chi connectivity index (χ1n) is 7.70. The van der Waals surface area contributed by atoms with E-state index in [1.807, 2.05) is 0 Å². The maximum atomic E-state index is 12.7. The molecule has 0 aromatic carbocycles. The predicted octanol–water partition coefficient (Wildman–Crippen LogP) is 3.68. The van der Waals surface area contributed by atoms with Crippen molar-refractivity contribution in [2.45, 2.75) is 38.7 Å². The third kappa shape index (κ3) is 1.49. The lowest BCUT2D eigenvalue weighted by Crippen LogP contribution is -2.43. The molecule has 2 fully saturated rings. The monoisotopic (exact) mass is 318 g/mol. The summed E-state index contributed by atoms with van der Waals surface area (Å²) in [5.74, 6) is 0.110. The van der Waals surface area contributed by atoms with Crippen molar-refractivity contribution in [3.63, 3.8) is 0 Å². The van der Waals surface area contributed by atoms with Crippen LogP contribution in [-0.2, 0) is 11.8 Å². The molecular weight excluding hydrogens is 300 g/mol. The van der Waals surface area contributed by atoms with E-state index in [9.17, 15) is 4.79 Å². The second-order valence-corrected chi connectivity index (χ2v) is 7.37. The highest BCUT2D eigenvalue weighted by Crippen LogP contribution is 2.68. The van der Waals surface area contributed by atoms with Gasteiger partial charge in [0.25, 0.3) is 0 Å². The summed E-state index contributed by atoms with van der Waals surface area (Å²) < 4.78 is 7.59. The van der Waals surface area contributed by atoms with Gasteiger partial charge in [0.1, 0.15) is 16.3 Å². The second-order valence-electron chi connectivity index (χ2n) is 7.02. The summed E-state index contributed by atoms with van der Waals surface area (Å²) in [7, 11) is 1.71. The molecule has 4 nitrogen and oxygen atoms in total. The lowest BCUT2D eigenvalue weighted by Gasteiger charge is -2.38. The highest BCUT2D eigenvalue weighted by atomic mass is 35.5. The smallest absolute Gasteiger partial charge is 0.343 e. The van der Waals surface area contributed by atoms with Gasteiger partial charge in [-0.2, -0.15) is 5.10 Å². The Morgan fingerprint density at radius 3 is 2.91 bits per heavy atom. The van der Waals surface area contributed by atoms with E-state index < -0.39 is 5.60 Å². The highest BCUT2D eigenvalue weighted by Gasteiger charge is 2.67. The Bertz CT molecular complexity index is 744. The number of hydrogen-bond acceptors (Lipinski definition) is 3. The molecule has 2 atom stereocenters. The van der Waals surface area contributed by atoms with Gasteiger partial charge in [-0.15, -0.1) is 0 Å². The molecule has 116 valence electrons. The van der Waals surface area contributed by atoms with Gasteiger partial charge in [0.2, 0.25) is 0 Å². The van der Waals surface area contributed by atoms with Crippen molar-refractivity contribution < 1.29 is 9.53 Å². The molecular formula is C17H19ClN2O2. The number of allylic oxidation sites excluding steroid dienone is 2. The molecule has 22 heavy (non-hydrogen) atoms. The van der Waals surface area contributed by atoms with Gasteiger partial charge < -0.3 is 4.74 Å². The lowest BCUT2D eigenvalue weighted by atomic mass is 9.77. The molecule has 2 saturated carbocycles. The van der Waals surface area contributed by atoms with Crippen LogP contribution in [0.1, 0.15) is 43.5 Å². The summed E-state index contributed by atoms with van der Waals surface area (Å²) in [6, 6.07) is 0. The standard InChI is InChI=1S/C17H19ClN2O2/c1-16(2)12-7-8-17(16,13-6-4-5-10(12)13)22-15(21)11-9-19-20(3)14(11)18/h5-6,9,12H,4,7-8H2,1-3H3. The Morgan fingerprint density at radius 1 is 1.45 bits per heavy atom. The summed E-state index contributed by atoms with van der Waals surface area (Å²) in [6.07, 6.45) is 8.89. The van der Waals surface area contributed by atoms with E-state index in [1.54, 1.807) is 7.05 Å². The first-order valence-corrected chi connectivity index (χ1v) is 8.08. The molecule has 0 radical (unpaired) electrons. The van der Waals surface area contributed by atoms with Gasteiger partial charge in [-0.25, -0.2) is 4.79 Å². The van der Waals surface area contributed by atoms with Crippen LogP contribution in [0.15, 0.2) is 29.5 Å². The van der Waals surface area contributed by atoms with E-state index in [2.05, 4.69) is 31.1 Å². The third-order valence-corrected chi connectivity index (χ3v) is 6.28. The number of halogens is 1. The average Bonchev–Trinajstić information content (AvgIpc) is 3.15. The van der Waals surface area contributed by atoms with Crippen LogP contribution in [0.3, 0.4) is 0 Å². The van der Waals surface area contributed by atoms with Crippen molar-refractivity contribution in [3.8, 4) is 0 Å². The van der Waals surface area contributed by atoms with Crippen LogP contribution in [0, 0.1) is 11.3 Å². The molecule has 5 heteroatoms. The van der Waals surface area contributed by atoms with Crippen molar-refractivity contribution in [2.75, 3.05) is 0 Å². The van der Waals surface area contributed by atoms with E-state index in [0.29, 0.717) is 16.6 Å². The van der Waals surface area contributed by atoms with E-state index in [1.165, 1.54) is 22.0 Å². The first kappa shape index (κ1) is 14.1. The van der Waals surface area contributed by atoms with Crippen LogP contribution in [0.2, 0.25) is 5.15 Å². The van der Waals surface area contributed by atoms with Crippen LogP contribution in [0.5, 0.6) is 0 Å². The zero-order valence-corrected chi connectivity index (χ0v) is 13.8. The fraction of sp³-hybridized carbons (Fsp3) is 0.529. The molecule has 3 aliphatic rings. The second kappa shape index (κ2) is 4.25.